The van der Waals surface area contributed by atoms with Crippen LogP contribution in [0, 0.1) is 5.82 Å². The molecular formula is C14H9F4NO. The Morgan fingerprint density at radius 1 is 1.10 bits per heavy atom. The number of ketones is 1. The van der Waals surface area contributed by atoms with Crippen molar-refractivity contribution in [1.29, 1.82) is 0 Å². The summed E-state index contributed by atoms with van der Waals surface area (Å²) >= 11 is 0. The number of carbonyl (C=O) groups excluding carboxylic acids is 1. The van der Waals surface area contributed by atoms with Crippen molar-refractivity contribution in [2.75, 3.05) is 0 Å². The summed E-state index contributed by atoms with van der Waals surface area (Å²) in [5.41, 5.74) is -0.810. The normalized spacial score (nSPS) is 11.4. The van der Waals surface area contributed by atoms with Crippen LogP contribution in [0.15, 0.2) is 42.7 Å². The average Bonchev–Trinajstić information content (AvgIpc) is 2.38. The van der Waals surface area contributed by atoms with Gasteiger partial charge in [-0.25, -0.2) is 4.39 Å². The number of aromatic nitrogens is 1. The summed E-state index contributed by atoms with van der Waals surface area (Å²) < 4.78 is 50.6. The SMILES string of the molecule is O=C(Cc1ccncc1)c1ccc(C(F)(F)F)c(F)c1. The standard InChI is InChI=1S/C14H9F4NO/c15-12-8-10(1-2-11(12)14(16,17)18)13(20)7-9-3-5-19-6-4-9/h1-6,8H,7H2. The molecule has 2 rings (SSSR count). The molecule has 0 saturated heterocycles. The first kappa shape index (κ1) is 14.2. The van der Waals surface area contributed by atoms with Crippen molar-refractivity contribution < 1.29 is 22.4 Å². The minimum absolute atomic E-state index is 0.0205. The molecule has 6 heteroatoms. The van der Waals surface area contributed by atoms with E-state index in [1.807, 2.05) is 0 Å². The monoisotopic (exact) mass is 283 g/mol. The van der Waals surface area contributed by atoms with Crippen LogP contribution >= 0.6 is 0 Å². The molecule has 0 atom stereocenters. The number of hydrogen-bond donors (Lipinski definition) is 0. The van der Waals surface area contributed by atoms with Crippen LogP contribution < -0.4 is 0 Å². The predicted molar refractivity (Wildman–Crippen MR) is 63.7 cm³/mol. The highest BCUT2D eigenvalue weighted by Crippen LogP contribution is 2.31. The number of benzene rings is 1. The highest BCUT2D eigenvalue weighted by Gasteiger charge is 2.34. The van der Waals surface area contributed by atoms with E-state index in [1.165, 1.54) is 12.4 Å². The van der Waals surface area contributed by atoms with Gasteiger partial charge in [0.2, 0.25) is 0 Å². The number of halogens is 4. The lowest BCUT2D eigenvalue weighted by Crippen LogP contribution is -2.10. The number of Topliss-reactive ketones (excluding diaryl/α,β-unsaturated/α-hetero) is 1. The Bertz CT molecular complexity index is 623. The van der Waals surface area contributed by atoms with Crippen LogP contribution in [0.2, 0.25) is 0 Å². The summed E-state index contributed by atoms with van der Waals surface area (Å²) in [5.74, 6) is -1.90. The fraction of sp³-hybridized carbons (Fsp3) is 0.143. The van der Waals surface area contributed by atoms with E-state index in [0.717, 1.165) is 6.07 Å². The van der Waals surface area contributed by atoms with E-state index >= 15 is 0 Å². The topological polar surface area (TPSA) is 30.0 Å². The van der Waals surface area contributed by atoms with Gasteiger partial charge in [-0.15, -0.1) is 0 Å². The van der Waals surface area contributed by atoms with Crippen LogP contribution in [0.3, 0.4) is 0 Å². The van der Waals surface area contributed by atoms with Gasteiger partial charge in [0, 0.05) is 24.4 Å². The quantitative estimate of drug-likeness (QED) is 0.635. The van der Waals surface area contributed by atoms with Gasteiger partial charge < -0.3 is 0 Å². The van der Waals surface area contributed by atoms with E-state index in [2.05, 4.69) is 4.98 Å². The average molecular weight is 283 g/mol. The van der Waals surface area contributed by atoms with E-state index in [4.69, 9.17) is 0 Å². The van der Waals surface area contributed by atoms with Gasteiger partial charge in [0.1, 0.15) is 5.82 Å². The third-order valence-corrected chi connectivity index (χ3v) is 2.71. The first-order valence-electron chi connectivity index (χ1n) is 5.67. The number of pyridine rings is 1. The Labute approximate surface area is 112 Å². The maximum Gasteiger partial charge on any atom is 0.419 e. The molecule has 0 radical (unpaired) electrons. The largest absolute Gasteiger partial charge is 0.419 e. The number of nitrogens with zero attached hydrogens (tertiary/aromatic N) is 1. The highest BCUT2D eigenvalue weighted by atomic mass is 19.4. The van der Waals surface area contributed by atoms with Gasteiger partial charge in [0.05, 0.1) is 5.56 Å². The first-order valence-corrected chi connectivity index (χ1v) is 5.67. The molecule has 0 amide bonds. The summed E-state index contributed by atoms with van der Waals surface area (Å²) in [7, 11) is 0. The van der Waals surface area contributed by atoms with Crippen molar-refractivity contribution in [1.82, 2.24) is 4.98 Å². The van der Waals surface area contributed by atoms with Crippen molar-refractivity contribution in [2.45, 2.75) is 12.6 Å². The first-order chi connectivity index (χ1) is 9.38. The van der Waals surface area contributed by atoms with Gasteiger partial charge in [-0.3, -0.25) is 9.78 Å². The molecule has 0 unspecified atom stereocenters. The van der Waals surface area contributed by atoms with Crippen molar-refractivity contribution in [3.8, 4) is 0 Å². The van der Waals surface area contributed by atoms with Gasteiger partial charge in [0.25, 0.3) is 0 Å². The van der Waals surface area contributed by atoms with E-state index in [1.54, 1.807) is 12.1 Å². The molecular weight excluding hydrogens is 274 g/mol. The third-order valence-electron chi connectivity index (χ3n) is 2.71. The fourth-order valence-electron chi connectivity index (χ4n) is 1.71. The smallest absolute Gasteiger partial charge is 0.294 e. The second-order valence-corrected chi connectivity index (χ2v) is 4.15. The maximum absolute atomic E-state index is 13.4. The van der Waals surface area contributed by atoms with E-state index < -0.39 is 23.3 Å². The highest BCUT2D eigenvalue weighted by molar-refractivity contribution is 5.97. The zero-order valence-electron chi connectivity index (χ0n) is 10.1. The minimum Gasteiger partial charge on any atom is -0.294 e. The molecule has 1 aromatic heterocycles. The Kier molecular flexibility index (Phi) is 3.83. The third kappa shape index (κ3) is 3.20. The zero-order chi connectivity index (χ0) is 14.8. The van der Waals surface area contributed by atoms with Gasteiger partial charge in [-0.05, 0) is 29.8 Å². The molecule has 0 aliphatic heterocycles. The summed E-state index contributed by atoms with van der Waals surface area (Å²) in [4.78, 5) is 15.6. The molecule has 20 heavy (non-hydrogen) atoms. The van der Waals surface area contributed by atoms with E-state index in [9.17, 15) is 22.4 Å². The van der Waals surface area contributed by atoms with Crippen LogP contribution in [0.25, 0.3) is 0 Å². The summed E-state index contributed by atoms with van der Waals surface area (Å²) in [5, 5.41) is 0. The lowest BCUT2D eigenvalue weighted by molar-refractivity contribution is -0.140. The van der Waals surface area contributed by atoms with Crippen LogP contribution in [0.5, 0.6) is 0 Å². The summed E-state index contributed by atoms with van der Waals surface area (Å²) in [6, 6.07) is 5.40. The molecule has 104 valence electrons. The molecule has 0 aliphatic rings. The Morgan fingerprint density at radius 3 is 2.30 bits per heavy atom. The molecule has 2 aromatic rings. The molecule has 1 heterocycles. The molecule has 0 bridgehead atoms. The van der Waals surface area contributed by atoms with Crippen molar-refractivity contribution >= 4 is 5.78 Å². The van der Waals surface area contributed by atoms with Crippen LogP contribution in [-0.4, -0.2) is 10.8 Å². The fourth-order valence-corrected chi connectivity index (χ4v) is 1.71. The lowest BCUT2D eigenvalue weighted by atomic mass is 10.0. The Hall–Kier alpha value is -2.24. The number of alkyl halides is 3. The minimum atomic E-state index is -4.77. The second kappa shape index (κ2) is 5.40. The maximum atomic E-state index is 13.4. The van der Waals surface area contributed by atoms with Gasteiger partial charge in [-0.2, -0.15) is 13.2 Å². The second-order valence-electron chi connectivity index (χ2n) is 4.15. The van der Waals surface area contributed by atoms with Gasteiger partial charge in [0.15, 0.2) is 5.78 Å². The molecule has 0 fully saturated rings. The van der Waals surface area contributed by atoms with Crippen LogP contribution in [-0.2, 0) is 12.6 Å². The van der Waals surface area contributed by atoms with Crippen molar-refractivity contribution in [2.24, 2.45) is 0 Å². The van der Waals surface area contributed by atoms with Crippen LogP contribution in [0.4, 0.5) is 17.6 Å². The predicted octanol–water partition coefficient (Wildman–Crippen LogP) is 3.66. The van der Waals surface area contributed by atoms with Gasteiger partial charge >= 0.3 is 6.18 Å². The van der Waals surface area contributed by atoms with E-state index in [0.29, 0.717) is 17.7 Å². The summed E-state index contributed by atoms with van der Waals surface area (Å²) in [6.07, 6.45) is -1.80. The molecule has 0 aliphatic carbocycles. The molecule has 0 N–H and O–H groups in total. The molecule has 0 spiro atoms. The Balaban J connectivity index is 2.22. The van der Waals surface area contributed by atoms with E-state index in [-0.39, 0.29) is 12.0 Å². The zero-order valence-corrected chi connectivity index (χ0v) is 10.1. The van der Waals surface area contributed by atoms with Crippen molar-refractivity contribution in [3.05, 3.63) is 65.2 Å². The van der Waals surface area contributed by atoms with Crippen LogP contribution in [0.1, 0.15) is 21.5 Å². The van der Waals surface area contributed by atoms with Crippen molar-refractivity contribution in [3.63, 3.8) is 0 Å². The number of rotatable bonds is 3. The Morgan fingerprint density at radius 2 is 1.75 bits per heavy atom. The number of hydrogen-bond acceptors (Lipinski definition) is 2. The molecule has 0 saturated carbocycles. The molecule has 1 aromatic carbocycles. The summed E-state index contributed by atoms with van der Waals surface area (Å²) in [6.45, 7) is 0. The molecule has 2 nitrogen and oxygen atoms in total. The van der Waals surface area contributed by atoms with Gasteiger partial charge in [-0.1, -0.05) is 6.07 Å². The number of carbonyl (C=O) groups is 1. The lowest BCUT2D eigenvalue weighted by Gasteiger charge is -2.09.